The molecular weight excluding hydrogens is 394 g/mol. The van der Waals surface area contributed by atoms with Crippen molar-refractivity contribution in [1.82, 2.24) is 5.43 Å². The Morgan fingerprint density at radius 2 is 1.68 bits per heavy atom. The zero-order valence-electron chi connectivity index (χ0n) is 17.2. The number of nitrogens with one attached hydrogen (secondary N) is 1. The fourth-order valence-corrected chi connectivity index (χ4v) is 2.73. The number of amides is 1. The van der Waals surface area contributed by atoms with Gasteiger partial charge in [-0.25, -0.2) is 5.43 Å². The van der Waals surface area contributed by atoms with Crippen LogP contribution in [0.3, 0.4) is 0 Å². The molecule has 3 aromatic carbocycles. The Bertz CT molecular complexity index is 1100. The van der Waals surface area contributed by atoms with E-state index in [-0.39, 0.29) is 5.91 Å². The molecule has 7 heteroatoms. The van der Waals surface area contributed by atoms with Crippen molar-refractivity contribution in [1.29, 1.82) is 5.26 Å². The van der Waals surface area contributed by atoms with E-state index >= 15 is 0 Å². The lowest BCUT2D eigenvalue weighted by Gasteiger charge is -2.08. The summed E-state index contributed by atoms with van der Waals surface area (Å²) in [4.78, 5) is 12.3. The number of rotatable bonds is 8. The minimum Gasteiger partial charge on any atom is -0.497 e. The summed E-state index contributed by atoms with van der Waals surface area (Å²) in [6, 6.07) is 21.6. The SMILES string of the molecule is COc1cc(OC)cc(C(=O)N/N=C\c2ccc(OCc3ccccc3C#N)cc2)c1. The molecule has 0 fully saturated rings. The van der Waals surface area contributed by atoms with Gasteiger partial charge < -0.3 is 14.2 Å². The molecule has 0 aliphatic carbocycles. The van der Waals surface area contributed by atoms with Crippen LogP contribution < -0.4 is 19.6 Å². The van der Waals surface area contributed by atoms with E-state index in [2.05, 4.69) is 16.6 Å². The third-order valence-electron chi connectivity index (χ3n) is 4.41. The summed E-state index contributed by atoms with van der Waals surface area (Å²) in [5.74, 6) is 1.31. The van der Waals surface area contributed by atoms with Gasteiger partial charge in [0.2, 0.25) is 0 Å². The monoisotopic (exact) mass is 415 g/mol. The molecule has 31 heavy (non-hydrogen) atoms. The summed E-state index contributed by atoms with van der Waals surface area (Å²) in [5, 5.41) is 13.1. The first-order valence-electron chi connectivity index (χ1n) is 9.40. The first kappa shape index (κ1) is 21.4. The van der Waals surface area contributed by atoms with Crippen molar-refractivity contribution in [2.45, 2.75) is 6.61 Å². The van der Waals surface area contributed by atoms with Gasteiger partial charge in [-0.1, -0.05) is 18.2 Å². The quantitative estimate of drug-likeness (QED) is 0.445. The Morgan fingerprint density at radius 1 is 1.00 bits per heavy atom. The van der Waals surface area contributed by atoms with Gasteiger partial charge in [0.05, 0.1) is 32.1 Å². The Labute approximate surface area is 180 Å². The van der Waals surface area contributed by atoms with Crippen molar-refractivity contribution < 1.29 is 19.0 Å². The molecule has 0 aliphatic heterocycles. The maximum absolute atomic E-state index is 12.3. The van der Waals surface area contributed by atoms with Crippen molar-refractivity contribution in [3.63, 3.8) is 0 Å². The fraction of sp³-hybridized carbons (Fsp3) is 0.125. The van der Waals surface area contributed by atoms with E-state index in [9.17, 15) is 4.79 Å². The highest BCUT2D eigenvalue weighted by Gasteiger charge is 2.09. The summed E-state index contributed by atoms with van der Waals surface area (Å²) >= 11 is 0. The molecule has 156 valence electrons. The number of methoxy groups -OCH3 is 2. The highest BCUT2D eigenvalue weighted by molar-refractivity contribution is 5.95. The van der Waals surface area contributed by atoms with Crippen molar-refractivity contribution in [2.24, 2.45) is 5.10 Å². The van der Waals surface area contributed by atoms with Gasteiger partial charge in [-0.15, -0.1) is 0 Å². The van der Waals surface area contributed by atoms with Gasteiger partial charge >= 0.3 is 0 Å². The zero-order valence-corrected chi connectivity index (χ0v) is 17.2. The molecule has 0 radical (unpaired) electrons. The van der Waals surface area contributed by atoms with E-state index in [4.69, 9.17) is 19.5 Å². The van der Waals surface area contributed by atoms with Crippen LogP contribution in [0.2, 0.25) is 0 Å². The van der Waals surface area contributed by atoms with Crippen molar-refractivity contribution in [3.05, 3.63) is 89.0 Å². The van der Waals surface area contributed by atoms with Crippen LogP contribution in [0, 0.1) is 11.3 Å². The Kier molecular flexibility index (Phi) is 7.22. The fourth-order valence-electron chi connectivity index (χ4n) is 2.73. The summed E-state index contributed by atoms with van der Waals surface area (Å²) in [7, 11) is 3.04. The number of carbonyl (C=O) groups is 1. The molecular formula is C24H21N3O4. The van der Waals surface area contributed by atoms with E-state index in [1.54, 1.807) is 36.4 Å². The third kappa shape index (κ3) is 5.84. The first-order chi connectivity index (χ1) is 15.1. The number of benzene rings is 3. The summed E-state index contributed by atoms with van der Waals surface area (Å²) < 4.78 is 16.1. The summed E-state index contributed by atoms with van der Waals surface area (Å²) in [5.41, 5.74) is 5.06. The Hall–Kier alpha value is -4.31. The van der Waals surface area contributed by atoms with Gasteiger partial charge in [0.15, 0.2) is 0 Å². The topological polar surface area (TPSA) is 92.9 Å². The highest BCUT2D eigenvalue weighted by atomic mass is 16.5. The van der Waals surface area contributed by atoms with Gasteiger partial charge in [-0.05, 0) is 48.0 Å². The van der Waals surface area contributed by atoms with E-state index in [0.29, 0.717) is 35.0 Å². The maximum atomic E-state index is 12.3. The lowest BCUT2D eigenvalue weighted by molar-refractivity contribution is 0.0954. The second-order valence-corrected chi connectivity index (χ2v) is 6.43. The van der Waals surface area contributed by atoms with Crippen LogP contribution in [0.25, 0.3) is 0 Å². The van der Waals surface area contributed by atoms with Crippen molar-refractivity contribution >= 4 is 12.1 Å². The molecule has 3 rings (SSSR count). The predicted octanol–water partition coefficient (Wildman–Crippen LogP) is 3.92. The van der Waals surface area contributed by atoms with Gasteiger partial charge in [0, 0.05) is 17.2 Å². The molecule has 0 heterocycles. The number of hydrazone groups is 1. The van der Waals surface area contributed by atoms with Crippen LogP contribution in [0.4, 0.5) is 0 Å². The number of nitriles is 1. The van der Waals surface area contributed by atoms with E-state index < -0.39 is 0 Å². The Morgan fingerprint density at radius 3 is 2.32 bits per heavy atom. The molecule has 0 unspecified atom stereocenters. The lowest BCUT2D eigenvalue weighted by atomic mass is 10.1. The van der Waals surface area contributed by atoms with Crippen LogP contribution >= 0.6 is 0 Å². The smallest absolute Gasteiger partial charge is 0.271 e. The predicted molar refractivity (Wildman–Crippen MR) is 117 cm³/mol. The van der Waals surface area contributed by atoms with Crippen LogP contribution in [0.1, 0.15) is 27.0 Å². The van der Waals surface area contributed by atoms with Gasteiger partial charge in [0.25, 0.3) is 5.91 Å². The average Bonchev–Trinajstić information content (AvgIpc) is 2.83. The zero-order chi connectivity index (χ0) is 22.1. The summed E-state index contributed by atoms with van der Waals surface area (Å²) in [6.45, 7) is 0.303. The molecule has 0 aromatic heterocycles. The molecule has 0 spiro atoms. The molecule has 0 saturated heterocycles. The van der Waals surface area contributed by atoms with Crippen molar-refractivity contribution in [3.8, 4) is 23.3 Å². The standard InChI is InChI=1S/C24H21N3O4/c1-29-22-11-20(12-23(13-22)30-2)24(28)27-26-15-17-7-9-21(10-8-17)31-16-19-6-4-3-5-18(19)14-25/h3-13,15H,16H2,1-2H3,(H,27,28)/b26-15-. The van der Waals surface area contributed by atoms with Crippen LogP contribution in [-0.4, -0.2) is 26.3 Å². The van der Waals surface area contributed by atoms with Crippen LogP contribution in [-0.2, 0) is 6.61 Å². The molecule has 3 aromatic rings. The number of hydrogen-bond acceptors (Lipinski definition) is 6. The molecule has 1 amide bonds. The number of carbonyl (C=O) groups excluding carboxylic acids is 1. The first-order valence-corrected chi connectivity index (χ1v) is 9.40. The minimum atomic E-state index is -0.385. The minimum absolute atomic E-state index is 0.303. The van der Waals surface area contributed by atoms with Gasteiger partial charge in [-0.2, -0.15) is 10.4 Å². The number of ether oxygens (including phenoxy) is 3. The molecule has 7 nitrogen and oxygen atoms in total. The second kappa shape index (κ2) is 10.5. The maximum Gasteiger partial charge on any atom is 0.271 e. The van der Waals surface area contributed by atoms with Crippen molar-refractivity contribution in [2.75, 3.05) is 14.2 Å². The van der Waals surface area contributed by atoms with Crippen LogP contribution in [0.15, 0.2) is 71.8 Å². The molecule has 0 aliphatic rings. The van der Waals surface area contributed by atoms with E-state index in [1.807, 2.05) is 30.3 Å². The third-order valence-corrected chi connectivity index (χ3v) is 4.41. The van der Waals surface area contributed by atoms with Crippen LogP contribution in [0.5, 0.6) is 17.2 Å². The van der Waals surface area contributed by atoms with Gasteiger partial charge in [-0.3, -0.25) is 4.79 Å². The van der Waals surface area contributed by atoms with E-state index in [1.165, 1.54) is 20.4 Å². The number of nitrogens with zero attached hydrogens (tertiary/aromatic N) is 2. The van der Waals surface area contributed by atoms with E-state index in [0.717, 1.165) is 11.1 Å². The molecule has 0 atom stereocenters. The largest absolute Gasteiger partial charge is 0.497 e. The average molecular weight is 415 g/mol. The normalized spacial score (nSPS) is 10.4. The lowest BCUT2D eigenvalue weighted by Crippen LogP contribution is -2.17. The Balaban J connectivity index is 1.57. The number of hydrogen-bond donors (Lipinski definition) is 1. The van der Waals surface area contributed by atoms with Gasteiger partial charge in [0.1, 0.15) is 23.9 Å². The molecule has 0 saturated carbocycles. The molecule has 1 N–H and O–H groups in total. The highest BCUT2D eigenvalue weighted by Crippen LogP contribution is 2.22. The summed E-state index contributed by atoms with van der Waals surface area (Å²) in [6.07, 6.45) is 1.53. The second-order valence-electron chi connectivity index (χ2n) is 6.43. The molecule has 0 bridgehead atoms.